The number of rotatable bonds is 10. The molecule has 1 unspecified atom stereocenters. The van der Waals surface area contributed by atoms with Gasteiger partial charge in [0.25, 0.3) is 0 Å². The van der Waals surface area contributed by atoms with Gasteiger partial charge in [-0.1, -0.05) is 13.8 Å². The summed E-state index contributed by atoms with van der Waals surface area (Å²) in [4.78, 5) is 2.39. The fourth-order valence-electron chi connectivity index (χ4n) is 1.78. The maximum atomic E-state index is 5.85. The molecule has 0 aromatic rings. The monoisotopic (exact) mass is 244 g/mol. The molecule has 1 saturated carbocycles. The Morgan fingerprint density at radius 3 is 2.59 bits per heavy atom. The molecule has 1 atom stereocenters. The van der Waals surface area contributed by atoms with Gasteiger partial charge in [-0.3, -0.25) is 0 Å². The summed E-state index contributed by atoms with van der Waals surface area (Å²) in [6, 6.07) is 1.31. The van der Waals surface area contributed by atoms with E-state index in [2.05, 4.69) is 31.1 Å². The molecule has 1 fully saturated rings. The van der Waals surface area contributed by atoms with Crippen LogP contribution >= 0.6 is 0 Å². The molecule has 0 aromatic heterocycles. The number of ether oxygens (including phenoxy) is 2. The van der Waals surface area contributed by atoms with E-state index in [4.69, 9.17) is 9.47 Å². The van der Waals surface area contributed by atoms with Crippen LogP contribution in [0.3, 0.4) is 0 Å². The molecule has 0 bridgehead atoms. The van der Waals surface area contributed by atoms with Crippen LogP contribution in [0, 0.1) is 0 Å². The topological polar surface area (TPSA) is 33.7 Å². The largest absolute Gasteiger partial charge is 0.382 e. The molecule has 0 heterocycles. The molecule has 4 nitrogen and oxygen atoms in total. The van der Waals surface area contributed by atoms with E-state index in [0.717, 1.165) is 25.7 Å². The lowest BCUT2D eigenvalue weighted by atomic mass is 10.3. The van der Waals surface area contributed by atoms with Gasteiger partial charge in [-0.15, -0.1) is 0 Å². The average Bonchev–Trinajstić information content (AvgIpc) is 3.09. The molecule has 0 saturated heterocycles. The predicted molar refractivity (Wildman–Crippen MR) is 70.4 cm³/mol. The van der Waals surface area contributed by atoms with Crippen molar-refractivity contribution in [2.45, 2.75) is 44.9 Å². The number of nitrogens with one attached hydrogen (secondary N) is 1. The normalized spacial score (nSPS) is 18.0. The Hall–Kier alpha value is -0.160. The quantitative estimate of drug-likeness (QED) is 0.624. The zero-order valence-corrected chi connectivity index (χ0v) is 11.7. The SMILES string of the molecule is COCC(CNC(C)C)OCCN(C)C1CC1. The standard InChI is InChI=1S/C13H28N2O2/c1-11(2)14-9-13(10-16-4)17-8-7-15(3)12-5-6-12/h11-14H,5-10H2,1-4H3. The van der Waals surface area contributed by atoms with Gasteiger partial charge in [-0.25, -0.2) is 0 Å². The Labute approximate surface area is 106 Å². The minimum atomic E-state index is 0.162. The highest BCUT2D eigenvalue weighted by atomic mass is 16.5. The lowest BCUT2D eigenvalue weighted by molar-refractivity contribution is -0.00842. The average molecular weight is 244 g/mol. The number of hydrogen-bond acceptors (Lipinski definition) is 4. The molecular formula is C13H28N2O2. The maximum absolute atomic E-state index is 5.85. The van der Waals surface area contributed by atoms with Crippen molar-refractivity contribution in [3.63, 3.8) is 0 Å². The zero-order valence-electron chi connectivity index (χ0n) is 11.7. The first kappa shape index (κ1) is 14.9. The third-order valence-electron chi connectivity index (χ3n) is 3.07. The summed E-state index contributed by atoms with van der Waals surface area (Å²) in [6.45, 7) is 7.62. The first-order valence-corrected chi connectivity index (χ1v) is 6.67. The Morgan fingerprint density at radius 1 is 1.35 bits per heavy atom. The molecule has 1 aliphatic carbocycles. The molecule has 0 amide bonds. The van der Waals surface area contributed by atoms with Crippen LogP contribution in [0.15, 0.2) is 0 Å². The van der Waals surface area contributed by atoms with Crippen molar-refractivity contribution in [1.29, 1.82) is 0 Å². The van der Waals surface area contributed by atoms with Gasteiger partial charge in [-0.2, -0.15) is 0 Å². The van der Waals surface area contributed by atoms with Crippen molar-refractivity contribution in [1.82, 2.24) is 10.2 Å². The van der Waals surface area contributed by atoms with Crippen LogP contribution in [0.4, 0.5) is 0 Å². The maximum Gasteiger partial charge on any atom is 0.0933 e. The molecule has 0 radical (unpaired) electrons. The van der Waals surface area contributed by atoms with E-state index in [-0.39, 0.29) is 6.10 Å². The third kappa shape index (κ3) is 6.99. The van der Waals surface area contributed by atoms with Gasteiger partial charge in [0.1, 0.15) is 0 Å². The highest BCUT2D eigenvalue weighted by molar-refractivity contribution is 4.82. The van der Waals surface area contributed by atoms with Crippen molar-refractivity contribution < 1.29 is 9.47 Å². The van der Waals surface area contributed by atoms with Gasteiger partial charge >= 0.3 is 0 Å². The summed E-state index contributed by atoms with van der Waals surface area (Å²) < 4.78 is 11.0. The molecule has 4 heteroatoms. The fourth-order valence-corrected chi connectivity index (χ4v) is 1.78. The Balaban J connectivity index is 2.09. The highest BCUT2D eigenvalue weighted by Gasteiger charge is 2.25. The summed E-state index contributed by atoms with van der Waals surface area (Å²) in [6.07, 6.45) is 2.87. The van der Waals surface area contributed by atoms with Crippen LogP contribution in [0.5, 0.6) is 0 Å². The van der Waals surface area contributed by atoms with E-state index >= 15 is 0 Å². The van der Waals surface area contributed by atoms with Gasteiger partial charge in [0, 0.05) is 32.3 Å². The van der Waals surface area contributed by atoms with Crippen LogP contribution in [0.1, 0.15) is 26.7 Å². The molecule has 1 N–H and O–H groups in total. The van der Waals surface area contributed by atoms with E-state index in [1.165, 1.54) is 12.8 Å². The summed E-state index contributed by atoms with van der Waals surface area (Å²) in [5.74, 6) is 0. The van der Waals surface area contributed by atoms with E-state index in [9.17, 15) is 0 Å². The van der Waals surface area contributed by atoms with Crippen LogP contribution in [-0.2, 0) is 9.47 Å². The lowest BCUT2D eigenvalue weighted by Crippen LogP contribution is -2.37. The van der Waals surface area contributed by atoms with Gasteiger partial charge < -0.3 is 19.7 Å². The number of methoxy groups -OCH3 is 1. The summed E-state index contributed by atoms with van der Waals surface area (Å²) in [5.41, 5.74) is 0. The third-order valence-corrected chi connectivity index (χ3v) is 3.07. The second-order valence-corrected chi connectivity index (χ2v) is 5.22. The van der Waals surface area contributed by atoms with Crippen LogP contribution in [0.25, 0.3) is 0 Å². The number of likely N-dealkylation sites (N-methyl/N-ethyl adjacent to an activating group) is 1. The minimum Gasteiger partial charge on any atom is -0.382 e. The van der Waals surface area contributed by atoms with Crippen molar-refractivity contribution in [3.8, 4) is 0 Å². The fraction of sp³-hybridized carbons (Fsp3) is 1.00. The smallest absolute Gasteiger partial charge is 0.0933 e. The summed E-state index contributed by atoms with van der Waals surface area (Å²) in [7, 11) is 3.90. The first-order chi connectivity index (χ1) is 8.13. The van der Waals surface area contributed by atoms with E-state index in [1.54, 1.807) is 7.11 Å². The molecule has 102 valence electrons. The lowest BCUT2D eigenvalue weighted by Gasteiger charge is -2.21. The highest BCUT2D eigenvalue weighted by Crippen LogP contribution is 2.24. The van der Waals surface area contributed by atoms with Crippen molar-refractivity contribution >= 4 is 0 Å². The van der Waals surface area contributed by atoms with E-state index in [0.29, 0.717) is 12.6 Å². The predicted octanol–water partition coefficient (Wildman–Crippen LogP) is 1.11. The van der Waals surface area contributed by atoms with Gasteiger partial charge in [0.2, 0.25) is 0 Å². The summed E-state index contributed by atoms with van der Waals surface area (Å²) in [5, 5.41) is 3.39. The molecule has 0 aromatic carbocycles. The second kappa shape index (κ2) is 8.03. The van der Waals surface area contributed by atoms with Crippen LogP contribution in [0.2, 0.25) is 0 Å². The Bertz CT molecular complexity index is 196. The van der Waals surface area contributed by atoms with Crippen LogP contribution < -0.4 is 5.32 Å². The Morgan fingerprint density at radius 2 is 2.06 bits per heavy atom. The van der Waals surface area contributed by atoms with Gasteiger partial charge in [0.15, 0.2) is 0 Å². The van der Waals surface area contributed by atoms with E-state index in [1.807, 2.05) is 0 Å². The summed E-state index contributed by atoms with van der Waals surface area (Å²) >= 11 is 0. The molecular weight excluding hydrogens is 216 g/mol. The van der Waals surface area contributed by atoms with E-state index < -0.39 is 0 Å². The van der Waals surface area contributed by atoms with Crippen molar-refractivity contribution in [2.24, 2.45) is 0 Å². The molecule has 1 rings (SSSR count). The molecule has 17 heavy (non-hydrogen) atoms. The van der Waals surface area contributed by atoms with Crippen molar-refractivity contribution in [3.05, 3.63) is 0 Å². The minimum absolute atomic E-state index is 0.162. The molecule has 0 aliphatic heterocycles. The molecule has 0 spiro atoms. The molecule has 1 aliphatic rings. The number of nitrogens with zero attached hydrogens (tertiary/aromatic N) is 1. The van der Waals surface area contributed by atoms with Gasteiger partial charge in [0.05, 0.1) is 19.3 Å². The second-order valence-electron chi connectivity index (χ2n) is 5.22. The number of hydrogen-bond donors (Lipinski definition) is 1. The van der Waals surface area contributed by atoms with Gasteiger partial charge in [-0.05, 0) is 19.9 Å². The zero-order chi connectivity index (χ0) is 12.7. The van der Waals surface area contributed by atoms with Crippen molar-refractivity contribution in [2.75, 3.05) is 40.5 Å². The first-order valence-electron chi connectivity index (χ1n) is 6.67. The van der Waals surface area contributed by atoms with Crippen LogP contribution in [-0.4, -0.2) is 63.5 Å². The Kier molecular flexibility index (Phi) is 7.04.